The Morgan fingerprint density at radius 1 is 1.07 bits per heavy atom. The van der Waals surface area contributed by atoms with E-state index >= 15 is 0 Å². The smallest absolute Gasteiger partial charge is 0.406 e. The number of aliphatic imine (C=N–C) groups is 1. The Bertz CT molecular complexity index is 1770. The van der Waals surface area contributed by atoms with Crippen molar-refractivity contribution in [2.75, 3.05) is 16.0 Å². The van der Waals surface area contributed by atoms with E-state index in [1.165, 1.54) is 51.9 Å². The molecule has 0 radical (unpaired) electrons. The Balaban J connectivity index is 1.08. The van der Waals surface area contributed by atoms with Crippen LogP contribution in [0.5, 0.6) is 5.75 Å². The van der Waals surface area contributed by atoms with Gasteiger partial charge in [0.05, 0.1) is 17.1 Å². The standard InChI is InChI=1S/C32H29F3N6O3S/c1-18(2)24-13-4-19(3)14-27(24)41-28(42)16-45-31(41)38-30(43)37-21-7-5-20(6-8-21)25-15-26(25)29-36-17-40(39-29)22-9-11-23(12-10-22)44-32(33,34)35/h4-14,17-18,25-26H,15-16H2,1-3H3,(H,37,43)/b38-31-. The normalized spacial score (nSPS) is 19.0. The number of alkyl halides is 3. The maximum absolute atomic E-state index is 12.9. The number of benzene rings is 3. The number of amides is 3. The molecule has 1 saturated heterocycles. The molecule has 45 heavy (non-hydrogen) atoms. The van der Waals surface area contributed by atoms with Crippen molar-refractivity contribution in [3.63, 3.8) is 0 Å². The summed E-state index contributed by atoms with van der Waals surface area (Å²) in [7, 11) is 0. The molecule has 4 aromatic rings. The number of nitrogens with one attached hydrogen (secondary N) is 1. The number of aromatic nitrogens is 3. The topological polar surface area (TPSA) is 102 Å². The first-order valence-electron chi connectivity index (χ1n) is 14.3. The van der Waals surface area contributed by atoms with Crippen LogP contribution in [-0.2, 0) is 4.79 Å². The fraction of sp³-hybridized carbons (Fsp3) is 0.281. The number of ether oxygens (including phenoxy) is 1. The van der Waals surface area contributed by atoms with Crippen LogP contribution in [0.2, 0.25) is 0 Å². The fourth-order valence-electron chi connectivity index (χ4n) is 5.29. The average molecular weight is 635 g/mol. The van der Waals surface area contributed by atoms with Crippen molar-refractivity contribution in [2.45, 2.75) is 51.3 Å². The first kappa shape index (κ1) is 30.4. The zero-order chi connectivity index (χ0) is 31.9. The Morgan fingerprint density at radius 3 is 2.49 bits per heavy atom. The van der Waals surface area contributed by atoms with Crippen molar-refractivity contribution in [1.29, 1.82) is 0 Å². The molecule has 1 aromatic heterocycles. The molecule has 0 bridgehead atoms. The highest BCUT2D eigenvalue weighted by molar-refractivity contribution is 8.15. The third-order valence-corrected chi connectivity index (χ3v) is 8.49. The molecule has 3 aromatic carbocycles. The summed E-state index contributed by atoms with van der Waals surface area (Å²) in [5, 5.41) is 7.66. The van der Waals surface area contributed by atoms with Crippen LogP contribution in [0.4, 0.5) is 29.3 Å². The molecule has 9 nitrogen and oxygen atoms in total. The van der Waals surface area contributed by atoms with Gasteiger partial charge in [0.2, 0.25) is 5.91 Å². The molecule has 3 amide bonds. The maximum atomic E-state index is 12.9. The summed E-state index contributed by atoms with van der Waals surface area (Å²) in [5.41, 5.74) is 4.98. The molecular weight excluding hydrogens is 605 g/mol. The summed E-state index contributed by atoms with van der Waals surface area (Å²) in [6.07, 6.45) is -2.37. The van der Waals surface area contributed by atoms with Crippen molar-refractivity contribution >= 4 is 40.2 Å². The molecule has 2 fully saturated rings. The summed E-state index contributed by atoms with van der Waals surface area (Å²) in [6.45, 7) is 6.08. The second-order valence-electron chi connectivity index (χ2n) is 11.2. The van der Waals surface area contributed by atoms with Gasteiger partial charge in [-0.25, -0.2) is 14.5 Å². The number of hydrogen-bond donors (Lipinski definition) is 1. The van der Waals surface area contributed by atoms with E-state index in [2.05, 4.69) is 39.0 Å². The van der Waals surface area contributed by atoms with Gasteiger partial charge in [-0.3, -0.25) is 9.69 Å². The van der Waals surface area contributed by atoms with Gasteiger partial charge < -0.3 is 10.1 Å². The monoisotopic (exact) mass is 634 g/mol. The zero-order valence-corrected chi connectivity index (χ0v) is 25.4. The average Bonchev–Trinajstić information content (AvgIpc) is 3.47. The molecule has 2 atom stereocenters. The lowest BCUT2D eigenvalue weighted by Crippen LogP contribution is -2.31. The molecule has 1 saturated carbocycles. The predicted molar refractivity (Wildman–Crippen MR) is 166 cm³/mol. The Labute approximate surface area is 261 Å². The van der Waals surface area contributed by atoms with Crippen molar-refractivity contribution in [1.82, 2.24) is 14.8 Å². The number of anilines is 2. The minimum absolute atomic E-state index is 0.103. The summed E-state index contributed by atoms with van der Waals surface area (Å²) in [6, 6.07) is 18.3. The molecule has 2 unspecified atom stereocenters. The zero-order valence-electron chi connectivity index (χ0n) is 24.6. The molecule has 13 heteroatoms. The van der Waals surface area contributed by atoms with E-state index < -0.39 is 12.4 Å². The molecule has 1 aliphatic heterocycles. The number of thioether (sulfide) groups is 1. The van der Waals surface area contributed by atoms with Crippen LogP contribution in [0, 0.1) is 6.92 Å². The summed E-state index contributed by atoms with van der Waals surface area (Å²) in [4.78, 5) is 35.9. The van der Waals surface area contributed by atoms with Crippen LogP contribution < -0.4 is 15.0 Å². The number of aryl methyl sites for hydroxylation is 1. The van der Waals surface area contributed by atoms with E-state index in [-0.39, 0.29) is 35.2 Å². The number of rotatable bonds is 7. The predicted octanol–water partition coefficient (Wildman–Crippen LogP) is 7.54. The largest absolute Gasteiger partial charge is 0.573 e. The van der Waals surface area contributed by atoms with Crippen molar-refractivity contribution < 1.29 is 27.5 Å². The van der Waals surface area contributed by atoms with Gasteiger partial charge in [-0.05, 0) is 84.3 Å². The maximum Gasteiger partial charge on any atom is 0.573 e. The second kappa shape index (κ2) is 12.0. The van der Waals surface area contributed by atoms with E-state index in [9.17, 15) is 22.8 Å². The molecule has 2 heterocycles. The number of amidine groups is 1. The van der Waals surface area contributed by atoms with Crippen LogP contribution in [0.3, 0.4) is 0 Å². The van der Waals surface area contributed by atoms with Gasteiger partial charge in [0.1, 0.15) is 12.1 Å². The van der Waals surface area contributed by atoms with Crippen LogP contribution >= 0.6 is 11.8 Å². The van der Waals surface area contributed by atoms with Gasteiger partial charge in [0, 0.05) is 11.6 Å². The lowest BCUT2D eigenvalue weighted by atomic mass is 9.99. The number of nitrogens with zero attached hydrogens (tertiary/aromatic N) is 5. The first-order valence-corrected chi connectivity index (χ1v) is 15.3. The molecular formula is C32H29F3N6O3S. The first-order chi connectivity index (χ1) is 21.4. The summed E-state index contributed by atoms with van der Waals surface area (Å²) < 4.78 is 42.7. The number of urea groups is 1. The lowest BCUT2D eigenvalue weighted by Gasteiger charge is -2.22. The highest BCUT2D eigenvalue weighted by atomic mass is 32.2. The minimum Gasteiger partial charge on any atom is -0.406 e. The van der Waals surface area contributed by atoms with Crippen molar-refractivity contribution in [2.24, 2.45) is 4.99 Å². The van der Waals surface area contributed by atoms with Crippen LogP contribution in [0.25, 0.3) is 5.69 Å². The van der Waals surface area contributed by atoms with E-state index in [1.807, 2.05) is 49.4 Å². The van der Waals surface area contributed by atoms with Crippen LogP contribution in [-0.4, -0.2) is 44.0 Å². The van der Waals surface area contributed by atoms with Crippen LogP contribution in [0.1, 0.15) is 60.5 Å². The number of carbonyl (C=O) groups is 2. The highest BCUT2D eigenvalue weighted by Crippen LogP contribution is 2.53. The van der Waals surface area contributed by atoms with Gasteiger partial charge in [-0.15, -0.1) is 13.2 Å². The third kappa shape index (κ3) is 6.88. The van der Waals surface area contributed by atoms with Gasteiger partial charge in [-0.1, -0.05) is 49.9 Å². The molecule has 2 aliphatic rings. The lowest BCUT2D eigenvalue weighted by molar-refractivity contribution is -0.274. The minimum atomic E-state index is -4.75. The Hall–Kier alpha value is -4.65. The van der Waals surface area contributed by atoms with Gasteiger partial charge in [0.25, 0.3) is 0 Å². The van der Waals surface area contributed by atoms with Gasteiger partial charge in [0.15, 0.2) is 11.0 Å². The summed E-state index contributed by atoms with van der Waals surface area (Å²) >= 11 is 1.24. The van der Waals surface area contributed by atoms with Crippen molar-refractivity contribution in [3.05, 3.63) is 95.6 Å². The molecule has 232 valence electrons. The van der Waals surface area contributed by atoms with E-state index in [0.29, 0.717) is 22.4 Å². The van der Waals surface area contributed by atoms with Gasteiger partial charge >= 0.3 is 12.4 Å². The summed E-state index contributed by atoms with van der Waals surface area (Å²) in [5.74, 6) is 0.927. The molecule has 6 rings (SSSR count). The quantitative estimate of drug-likeness (QED) is 0.226. The third-order valence-electron chi connectivity index (χ3n) is 7.57. The van der Waals surface area contributed by atoms with Crippen LogP contribution in [0.15, 0.2) is 78.0 Å². The number of halogens is 3. The molecule has 1 N–H and O–H groups in total. The Kier molecular flexibility index (Phi) is 8.12. The van der Waals surface area contributed by atoms with E-state index in [4.69, 9.17) is 0 Å². The molecule has 1 aliphatic carbocycles. The second-order valence-corrected chi connectivity index (χ2v) is 12.2. The molecule has 0 spiro atoms. The number of hydrogen-bond acceptors (Lipinski definition) is 6. The number of carbonyl (C=O) groups excluding carboxylic acids is 2. The highest BCUT2D eigenvalue weighted by Gasteiger charge is 2.42. The van der Waals surface area contributed by atoms with Gasteiger partial charge in [-0.2, -0.15) is 10.1 Å². The fourth-order valence-corrected chi connectivity index (χ4v) is 6.15. The Morgan fingerprint density at radius 2 is 1.80 bits per heavy atom. The SMILES string of the molecule is Cc1ccc(C(C)C)c(N2C(=O)CS/C2=N\C(=O)Nc2ccc(C3CC3c3ncn(-c4ccc(OC(F)(F)F)cc4)n3)cc2)c1. The van der Waals surface area contributed by atoms with E-state index in [1.54, 1.807) is 0 Å². The van der Waals surface area contributed by atoms with E-state index in [0.717, 1.165) is 28.8 Å². The van der Waals surface area contributed by atoms with Crippen molar-refractivity contribution in [3.8, 4) is 11.4 Å².